The lowest BCUT2D eigenvalue weighted by atomic mass is 9.90. The average Bonchev–Trinajstić information content (AvgIpc) is 3.28. The van der Waals surface area contributed by atoms with Crippen LogP contribution < -0.4 is 5.90 Å². The third-order valence-electron chi connectivity index (χ3n) is 4.81. The van der Waals surface area contributed by atoms with Crippen molar-refractivity contribution in [2.24, 2.45) is 5.90 Å². The predicted octanol–water partition coefficient (Wildman–Crippen LogP) is 4.22. The van der Waals surface area contributed by atoms with E-state index >= 15 is 0 Å². The maximum Gasteiger partial charge on any atom is 0.303 e. The molecule has 1 aromatic heterocycles. The Labute approximate surface area is 170 Å². The highest BCUT2D eigenvalue weighted by Gasteiger charge is 2.23. The number of imidazole rings is 1. The standard InChI is InChI=1S/C23H25N3O3/c24-29-21(12-7-13-22(27)28)23(19-10-5-2-6-11-19)20(26-15-14-25-17-26)16-18-8-3-1-4-9-18/h1-6,8-11,14-15,17,20H,7,12-13,16,24H2,(H,27,28)/b23-21+. The van der Waals surface area contributed by atoms with Crippen molar-refractivity contribution >= 4 is 11.5 Å². The Morgan fingerprint density at radius 1 is 1.07 bits per heavy atom. The number of aromatic nitrogens is 2. The Hall–Kier alpha value is -3.38. The van der Waals surface area contributed by atoms with Gasteiger partial charge in [0.25, 0.3) is 0 Å². The number of benzene rings is 2. The summed E-state index contributed by atoms with van der Waals surface area (Å²) in [5.41, 5.74) is 3.08. The molecule has 29 heavy (non-hydrogen) atoms. The van der Waals surface area contributed by atoms with Gasteiger partial charge < -0.3 is 14.5 Å². The van der Waals surface area contributed by atoms with E-state index in [0.29, 0.717) is 25.0 Å². The minimum absolute atomic E-state index is 0.0589. The monoisotopic (exact) mass is 391 g/mol. The van der Waals surface area contributed by atoms with Crippen molar-refractivity contribution in [3.8, 4) is 0 Å². The molecular weight excluding hydrogens is 366 g/mol. The second-order valence-corrected chi connectivity index (χ2v) is 6.78. The number of allylic oxidation sites excluding steroid dienone is 2. The van der Waals surface area contributed by atoms with Crippen molar-refractivity contribution in [2.45, 2.75) is 31.7 Å². The van der Waals surface area contributed by atoms with Gasteiger partial charge in [-0.3, -0.25) is 4.79 Å². The number of carbonyl (C=O) groups is 1. The Morgan fingerprint density at radius 3 is 2.34 bits per heavy atom. The number of hydrogen-bond acceptors (Lipinski definition) is 4. The molecular formula is C23H25N3O3. The molecule has 0 saturated heterocycles. The van der Waals surface area contributed by atoms with Gasteiger partial charge in [-0.2, -0.15) is 5.90 Å². The number of nitrogens with two attached hydrogens (primary N) is 1. The summed E-state index contributed by atoms with van der Waals surface area (Å²) in [5, 5.41) is 9.01. The fourth-order valence-corrected chi connectivity index (χ4v) is 3.46. The lowest BCUT2D eigenvalue weighted by Crippen LogP contribution is -2.17. The maximum atomic E-state index is 11.0. The van der Waals surface area contributed by atoms with Gasteiger partial charge in [0.05, 0.1) is 12.4 Å². The van der Waals surface area contributed by atoms with Crippen LogP contribution in [0.2, 0.25) is 0 Å². The molecule has 2 aromatic carbocycles. The highest BCUT2D eigenvalue weighted by molar-refractivity contribution is 5.71. The number of hydrogen-bond donors (Lipinski definition) is 2. The molecule has 3 aromatic rings. The molecule has 0 saturated carbocycles. The largest absolute Gasteiger partial charge is 0.481 e. The lowest BCUT2D eigenvalue weighted by molar-refractivity contribution is -0.137. The second kappa shape index (κ2) is 10.2. The van der Waals surface area contributed by atoms with Gasteiger partial charge in [-0.05, 0) is 24.0 Å². The summed E-state index contributed by atoms with van der Waals surface area (Å²) >= 11 is 0. The predicted molar refractivity (Wildman–Crippen MR) is 112 cm³/mol. The molecule has 0 aliphatic heterocycles. The normalized spacial score (nSPS) is 12.9. The van der Waals surface area contributed by atoms with Crippen molar-refractivity contribution in [3.05, 3.63) is 96.3 Å². The topological polar surface area (TPSA) is 90.4 Å². The molecule has 6 heteroatoms. The van der Waals surface area contributed by atoms with Crippen LogP contribution in [0.5, 0.6) is 0 Å². The second-order valence-electron chi connectivity index (χ2n) is 6.78. The van der Waals surface area contributed by atoms with Gasteiger partial charge in [0, 0.05) is 30.8 Å². The van der Waals surface area contributed by atoms with E-state index in [-0.39, 0.29) is 12.5 Å². The molecule has 0 bridgehead atoms. The zero-order valence-corrected chi connectivity index (χ0v) is 16.1. The molecule has 0 radical (unpaired) electrons. The minimum Gasteiger partial charge on any atom is -0.481 e. The van der Waals surface area contributed by atoms with Crippen molar-refractivity contribution in [1.82, 2.24) is 9.55 Å². The zero-order valence-electron chi connectivity index (χ0n) is 16.1. The van der Waals surface area contributed by atoms with Crippen LogP contribution >= 0.6 is 0 Å². The van der Waals surface area contributed by atoms with Crippen LogP contribution in [-0.2, 0) is 16.1 Å². The summed E-state index contributed by atoms with van der Waals surface area (Å²) in [6.07, 6.45) is 7.10. The molecule has 1 atom stereocenters. The molecule has 0 fully saturated rings. The van der Waals surface area contributed by atoms with Crippen LogP contribution in [0.1, 0.15) is 36.4 Å². The molecule has 3 N–H and O–H groups in total. The van der Waals surface area contributed by atoms with E-state index < -0.39 is 5.97 Å². The fraction of sp³-hybridized carbons (Fsp3) is 0.217. The number of aliphatic carboxylic acids is 1. The van der Waals surface area contributed by atoms with Crippen molar-refractivity contribution < 1.29 is 14.7 Å². The third kappa shape index (κ3) is 5.56. The third-order valence-corrected chi connectivity index (χ3v) is 4.81. The first-order valence-electron chi connectivity index (χ1n) is 9.57. The number of rotatable bonds is 10. The van der Waals surface area contributed by atoms with Crippen molar-refractivity contribution in [2.75, 3.05) is 0 Å². The Kier molecular flexibility index (Phi) is 7.19. The molecule has 0 aliphatic carbocycles. The van der Waals surface area contributed by atoms with Gasteiger partial charge in [0.1, 0.15) is 5.76 Å². The van der Waals surface area contributed by atoms with Crippen LogP contribution in [0, 0.1) is 0 Å². The smallest absolute Gasteiger partial charge is 0.303 e. The molecule has 1 heterocycles. The van der Waals surface area contributed by atoms with Gasteiger partial charge in [-0.15, -0.1) is 0 Å². The van der Waals surface area contributed by atoms with Crippen LogP contribution in [-0.4, -0.2) is 20.6 Å². The summed E-state index contributed by atoms with van der Waals surface area (Å²) in [4.78, 5) is 20.5. The highest BCUT2D eigenvalue weighted by Crippen LogP contribution is 2.35. The number of carboxylic acids is 1. The Bertz CT molecular complexity index is 923. The van der Waals surface area contributed by atoms with Gasteiger partial charge in [-0.25, -0.2) is 4.98 Å². The quantitative estimate of drug-likeness (QED) is 0.399. The zero-order chi connectivity index (χ0) is 20.5. The summed E-state index contributed by atoms with van der Waals surface area (Å²) in [6.45, 7) is 0. The Morgan fingerprint density at radius 2 is 1.76 bits per heavy atom. The van der Waals surface area contributed by atoms with E-state index in [2.05, 4.69) is 17.1 Å². The summed E-state index contributed by atoms with van der Waals surface area (Å²) in [6, 6.07) is 20.0. The van der Waals surface area contributed by atoms with Crippen molar-refractivity contribution in [1.29, 1.82) is 0 Å². The van der Waals surface area contributed by atoms with Crippen molar-refractivity contribution in [3.63, 3.8) is 0 Å². The lowest BCUT2D eigenvalue weighted by Gasteiger charge is -2.25. The average molecular weight is 391 g/mol. The van der Waals surface area contributed by atoms with E-state index in [0.717, 1.165) is 11.1 Å². The molecule has 3 rings (SSSR count). The molecule has 0 aliphatic rings. The van der Waals surface area contributed by atoms with Crippen LogP contribution in [0.4, 0.5) is 0 Å². The molecule has 0 spiro atoms. The van der Waals surface area contributed by atoms with Gasteiger partial charge in [-0.1, -0.05) is 60.7 Å². The molecule has 0 amide bonds. The van der Waals surface area contributed by atoms with Crippen LogP contribution in [0.25, 0.3) is 5.57 Å². The SMILES string of the molecule is NO/C(CCCC(=O)O)=C(\c1ccccc1)C(Cc1ccccc1)n1ccnc1. The van der Waals surface area contributed by atoms with Gasteiger partial charge in [0.15, 0.2) is 0 Å². The summed E-state index contributed by atoms with van der Waals surface area (Å²) < 4.78 is 2.03. The number of nitrogens with zero attached hydrogens (tertiary/aromatic N) is 2. The molecule has 6 nitrogen and oxygen atoms in total. The molecule has 150 valence electrons. The first kappa shape index (κ1) is 20.4. The number of carboxylic acid groups (broad SMARTS) is 1. The van der Waals surface area contributed by atoms with E-state index in [1.165, 1.54) is 5.56 Å². The van der Waals surface area contributed by atoms with E-state index in [9.17, 15) is 4.79 Å². The first-order valence-corrected chi connectivity index (χ1v) is 9.57. The first-order chi connectivity index (χ1) is 14.2. The minimum atomic E-state index is -0.835. The van der Waals surface area contributed by atoms with E-state index in [1.807, 2.05) is 59.3 Å². The van der Waals surface area contributed by atoms with Crippen LogP contribution in [0.3, 0.4) is 0 Å². The van der Waals surface area contributed by atoms with E-state index in [1.54, 1.807) is 12.5 Å². The van der Waals surface area contributed by atoms with Gasteiger partial charge >= 0.3 is 5.97 Å². The highest BCUT2D eigenvalue weighted by atomic mass is 16.6. The maximum absolute atomic E-state index is 11.0. The van der Waals surface area contributed by atoms with Crippen LogP contribution in [0.15, 0.2) is 85.1 Å². The fourth-order valence-electron chi connectivity index (χ4n) is 3.46. The van der Waals surface area contributed by atoms with E-state index in [4.69, 9.17) is 15.8 Å². The summed E-state index contributed by atoms with van der Waals surface area (Å²) in [7, 11) is 0. The Balaban J connectivity index is 2.07. The van der Waals surface area contributed by atoms with Gasteiger partial charge in [0.2, 0.25) is 0 Å². The summed E-state index contributed by atoms with van der Waals surface area (Å²) in [5.74, 6) is 5.44. The molecule has 1 unspecified atom stereocenters.